The van der Waals surface area contributed by atoms with Crippen molar-refractivity contribution in [1.82, 2.24) is 14.5 Å². The van der Waals surface area contributed by atoms with Gasteiger partial charge < -0.3 is 24.0 Å². The molecule has 0 radical (unpaired) electrons. The van der Waals surface area contributed by atoms with Gasteiger partial charge in [-0.25, -0.2) is 0 Å². The van der Waals surface area contributed by atoms with E-state index in [2.05, 4.69) is 4.98 Å². The first kappa shape index (κ1) is 23.3. The van der Waals surface area contributed by atoms with Crippen LogP contribution in [0.5, 0.6) is 17.2 Å². The van der Waals surface area contributed by atoms with Gasteiger partial charge in [0.25, 0.3) is 5.56 Å². The molecule has 0 atom stereocenters. The Bertz CT molecular complexity index is 1440. The van der Waals surface area contributed by atoms with Crippen LogP contribution in [0.15, 0.2) is 47.4 Å². The molecule has 3 aliphatic heterocycles. The molecule has 5 heterocycles. The third kappa shape index (κ3) is 4.26. The van der Waals surface area contributed by atoms with Gasteiger partial charge in [0.1, 0.15) is 25.5 Å². The number of hydrogen-bond donors (Lipinski definition) is 0. The molecule has 2 amide bonds. The third-order valence-corrected chi connectivity index (χ3v) is 7.68. The lowest BCUT2D eigenvalue weighted by atomic mass is 9.77. The van der Waals surface area contributed by atoms with Crippen molar-refractivity contribution < 1.29 is 23.8 Å². The first-order valence-corrected chi connectivity index (χ1v) is 12.5. The van der Waals surface area contributed by atoms with Crippen molar-refractivity contribution in [3.63, 3.8) is 0 Å². The SMILES string of the molecule is COc1cnc2ccc(=O)n(CC(=O)N3CCC4(CC3)CC(=O)N(c3ccc5c(c3)OCCO5)C4)c2c1. The molecular weight excluding hydrogens is 476 g/mol. The molecule has 0 unspecified atom stereocenters. The Balaban J connectivity index is 1.14. The summed E-state index contributed by atoms with van der Waals surface area (Å²) in [6.07, 6.45) is 3.49. The summed E-state index contributed by atoms with van der Waals surface area (Å²) in [5.74, 6) is 1.84. The first-order valence-electron chi connectivity index (χ1n) is 12.5. The highest BCUT2D eigenvalue weighted by Gasteiger charge is 2.46. The van der Waals surface area contributed by atoms with Crippen molar-refractivity contribution in [2.45, 2.75) is 25.8 Å². The second kappa shape index (κ2) is 9.10. The molecule has 0 saturated carbocycles. The molecule has 37 heavy (non-hydrogen) atoms. The zero-order valence-electron chi connectivity index (χ0n) is 20.6. The Labute approximate surface area is 213 Å². The summed E-state index contributed by atoms with van der Waals surface area (Å²) in [7, 11) is 1.53. The number of anilines is 1. The predicted octanol–water partition coefficient (Wildman–Crippen LogP) is 2.22. The first-order chi connectivity index (χ1) is 17.9. The molecule has 1 spiro atoms. The second-order valence-electron chi connectivity index (χ2n) is 9.90. The maximum atomic E-state index is 13.2. The minimum Gasteiger partial charge on any atom is -0.495 e. The number of hydrogen-bond acceptors (Lipinski definition) is 7. The average Bonchev–Trinajstić information content (AvgIpc) is 3.25. The number of ether oxygens (including phenoxy) is 3. The maximum Gasteiger partial charge on any atom is 0.251 e. The summed E-state index contributed by atoms with van der Waals surface area (Å²) >= 11 is 0. The summed E-state index contributed by atoms with van der Waals surface area (Å²) < 4.78 is 18.0. The van der Waals surface area contributed by atoms with E-state index in [1.807, 2.05) is 23.1 Å². The fraction of sp³-hybridized carbons (Fsp3) is 0.407. The van der Waals surface area contributed by atoms with Gasteiger partial charge in [0.05, 0.1) is 24.3 Å². The van der Waals surface area contributed by atoms with Crippen LogP contribution >= 0.6 is 0 Å². The molecule has 1 aromatic carbocycles. The lowest BCUT2D eigenvalue weighted by Gasteiger charge is -2.39. The monoisotopic (exact) mass is 504 g/mol. The van der Waals surface area contributed by atoms with Gasteiger partial charge in [0, 0.05) is 55.4 Å². The van der Waals surface area contributed by atoms with E-state index in [9.17, 15) is 14.4 Å². The number of carbonyl (C=O) groups is 2. The molecule has 10 heteroatoms. The fourth-order valence-electron chi connectivity index (χ4n) is 5.56. The van der Waals surface area contributed by atoms with E-state index in [1.165, 1.54) is 17.7 Å². The summed E-state index contributed by atoms with van der Waals surface area (Å²) in [5, 5.41) is 0. The number of pyridine rings is 2. The smallest absolute Gasteiger partial charge is 0.251 e. The summed E-state index contributed by atoms with van der Waals surface area (Å²) in [4.78, 5) is 46.8. The van der Waals surface area contributed by atoms with Gasteiger partial charge in [-0.15, -0.1) is 0 Å². The van der Waals surface area contributed by atoms with Crippen molar-refractivity contribution in [2.75, 3.05) is 44.9 Å². The van der Waals surface area contributed by atoms with Crippen molar-refractivity contribution >= 4 is 28.5 Å². The van der Waals surface area contributed by atoms with Crippen LogP contribution in [0.4, 0.5) is 5.69 Å². The average molecular weight is 505 g/mol. The molecule has 192 valence electrons. The summed E-state index contributed by atoms with van der Waals surface area (Å²) in [5.41, 5.74) is 1.55. The highest BCUT2D eigenvalue weighted by atomic mass is 16.6. The predicted molar refractivity (Wildman–Crippen MR) is 135 cm³/mol. The minimum absolute atomic E-state index is 0.0692. The van der Waals surface area contributed by atoms with E-state index in [4.69, 9.17) is 14.2 Å². The molecule has 0 bridgehead atoms. The Kier molecular flexibility index (Phi) is 5.73. The maximum absolute atomic E-state index is 13.2. The number of rotatable bonds is 4. The van der Waals surface area contributed by atoms with Crippen LogP contribution in [0.3, 0.4) is 0 Å². The van der Waals surface area contributed by atoms with Crippen molar-refractivity contribution in [3.05, 3.63) is 52.9 Å². The lowest BCUT2D eigenvalue weighted by molar-refractivity contribution is -0.134. The molecule has 3 aromatic rings. The number of amides is 2. The van der Waals surface area contributed by atoms with Gasteiger partial charge >= 0.3 is 0 Å². The van der Waals surface area contributed by atoms with E-state index in [-0.39, 0.29) is 29.3 Å². The molecule has 0 aliphatic carbocycles. The van der Waals surface area contributed by atoms with Crippen molar-refractivity contribution in [3.8, 4) is 17.2 Å². The molecule has 3 aliphatic rings. The van der Waals surface area contributed by atoms with Crippen LogP contribution in [0.25, 0.3) is 11.0 Å². The summed E-state index contributed by atoms with van der Waals surface area (Å²) in [6, 6.07) is 10.4. The van der Waals surface area contributed by atoms with Crippen LogP contribution in [-0.2, 0) is 16.1 Å². The third-order valence-electron chi connectivity index (χ3n) is 7.68. The highest BCUT2D eigenvalue weighted by molar-refractivity contribution is 5.96. The molecular formula is C27H28N4O6. The number of methoxy groups -OCH3 is 1. The number of nitrogens with zero attached hydrogens (tertiary/aromatic N) is 4. The van der Waals surface area contributed by atoms with Gasteiger partial charge in [-0.05, 0) is 31.0 Å². The van der Waals surface area contributed by atoms with E-state index in [0.717, 1.165) is 18.5 Å². The van der Waals surface area contributed by atoms with Crippen LogP contribution in [-0.4, -0.2) is 66.2 Å². The Morgan fingerprint density at radius 2 is 1.84 bits per heavy atom. The topological polar surface area (TPSA) is 103 Å². The van der Waals surface area contributed by atoms with Gasteiger partial charge in [0.2, 0.25) is 11.8 Å². The van der Waals surface area contributed by atoms with Crippen LogP contribution in [0.1, 0.15) is 19.3 Å². The number of benzene rings is 1. The lowest BCUT2D eigenvalue weighted by Crippen LogP contribution is -2.46. The van der Waals surface area contributed by atoms with Gasteiger partial charge in [0.15, 0.2) is 11.5 Å². The molecule has 6 rings (SSSR count). The van der Waals surface area contributed by atoms with Crippen molar-refractivity contribution in [2.24, 2.45) is 5.41 Å². The Morgan fingerprint density at radius 1 is 1.05 bits per heavy atom. The molecule has 2 saturated heterocycles. The Hall–Kier alpha value is -4.08. The summed E-state index contributed by atoms with van der Waals surface area (Å²) in [6.45, 7) is 2.65. The zero-order valence-corrected chi connectivity index (χ0v) is 20.6. The van der Waals surface area contributed by atoms with E-state index in [0.29, 0.717) is 67.6 Å². The van der Waals surface area contributed by atoms with E-state index >= 15 is 0 Å². The fourth-order valence-corrected chi connectivity index (χ4v) is 5.56. The zero-order chi connectivity index (χ0) is 25.6. The van der Waals surface area contributed by atoms with Gasteiger partial charge in [-0.1, -0.05) is 0 Å². The minimum atomic E-state index is -0.263. The van der Waals surface area contributed by atoms with E-state index < -0.39 is 0 Å². The standard InChI is InChI=1S/C27H28N4O6/c1-35-19-13-21-20(28-15-19)3-5-24(32)30(21)16-26(34)29-8-6-27(7-9-29)14-25(33)31(17-27)18-2-4-22-23(12-18)37-11-10-36-22/h2-5,12-13,15H,6-11,14,16-17H2,1H3. The largest absolute Gasteiger partial charge is 0.495 e. The van der Waals surface area contributed by atoms with Crippen molar-refractivity contribution in [1.29, 1.82) is 0 Å². The van der Waals surface area contributed by atoms with Crippen LogP contribution in [0, 0.1) is 5.41 Å². The number of piperidine rings is 1. The number of aromatic nitrogens is 2. The van der Waals surface area contributed by atoms with Crippen LogP contribution < -0.4 is 24.7 Å². The van der Waals surface area contributed by atoms with E-state index in [1.54, 1.807) is 23.2 Å². The number of carbonyl (C=O) groups excluding carboxylic acids is 2. The number of likely N-dealkylation sites (tertiary alicyclic amines) is 1. The second-order valence-corrected chi connectivity index (χ2v) is 9.90. The normalized spacial score (nSPS) is 18.5. The molecule has 2 aromatic heterocycles. The van der Waals surface area contributed by atoms with Crippen LogP contribution in [0.2, 0.25) is 0 Å². The number of fused-ring (bicyclic) bond motifs is 2. The van der Waals surface area contributed by atoms with Gasteiger partial charge in [-0.3, -0.25) is 23.9 Å². The quantitative estimate of drug-likeness (QED) is 0.537. The van der Waals surface area contributed by atoms with Gasteiger partial charge in [-0.2, -0.15) is 0 Å². The highest BCUT2D eigenvalue weighted by Crippen LogP contribution is 2.44. The molecule has 0 N–H and O–H groups in total. The Morgan fingerprint density at radius 3 is 2.62 bits per heavy atom. The molecule has 10 nitrogen and oxygen atoms in total. The molecule has 2 fully saturated rings.